The summed E-state index contributed by atoms with van der Waals surface area (Å²) in [5.41, 5.74) is 0. The van der Waals surface area contributed by atoms with Crippen LogP contribution in [0.4, 0.5) is 0 Å². The molecule has 1 fully saturated rings. The summed E-state index contributed by atoms with van der Waals surface area (Å²) in [6.45, 7) is 5.11. The van der Waals surface area contributed by atoms with E-state index in [1.165, 1.54) is 0 Å². The fraction of sp³-hybridized carbons (Fsp3) is 0.909. The largest absolute Gasteiger partial charge is 0.378 e. The summed E-state index contributed by atoms with van der Waals surface area (Å²) in [4.78, 5) is 11.5. The van der Waals surface area contributed by atoms with Gasteiger partial charge in [-0.3, -0.25) is 4.79 Å². The molecule has 1 aliphatic heterocycles. The highest BCUT2D eigenvalue weighted by molar-refractivity contribution is 5.79. The quantitative estimate of drug-likeness (QED) is 0.656. The van der Waals surface area contributed by atoms with Gasteiger partial charge in [-0.2, -0.15) is 0 Å². The van der Waals surface area contributed by atoms with E-state index in [-0.39, 0.29) is 6.10 Å². The van der Waals surface area contributed by atoms with Crippen LogP contribution in [-0.2, 0) is 9.53 Å². The lowest BCUT2D eigenvalue weighted by Crippen LogP contribution is -2.14. The highest BCUT2D eigenvalue weighted by Crippen LogP contribution is 2.18. The van der Waals surface area contributed by atoms with Crippen molar-refractivity contribution in [2.24, 2.45) is 5.92 Å². The molecule has 0 radical (unpaired) electrons. The molecule has 0 aromatic heterocycles. The molecule has 76 valence electrons. The normalized spacial score (nSPS) is 24.6. The molecule has 2 unspecified atom stereocenters. The number of carbonyl (C=O) groups is 1. The second kappa shape index (κ2) is 5.38. The molecule has 1 heterocycles. The maximum atomic E-state index is 11.5. The molecule has 2 atom stereocenters. The summed E-state index contributed by atoms with van der Waals surface area (Å²) < 4.78 is 5.42. The Hall–Kier alpha value is -0.370. The monoisotopic (exact) mass is 184 g/mol. The van der Waals surface area contributed by atoms with Gasteiger partial charge in [-0.05, 0) is 18.8 Å². The molecule has 2 heteroatoms. The van der Waals surface area contributed by atoms with Gasteiger partial charge in [-0.1, -0.05) is 20.3 Å². The molecule has 13 heavy (non-hydrogen) atoms. The Bertz CT molecular complexity index is 159. The van der Waals surface area contributed by atoms with Gasteiger partial charge >= 0.3 is 0 Å². The summed E-state index contributed by atoms with van der Waals surface area (Å²) in [6.07, 6.45) is 4.91. The summed E-state index contributed by atoms with van der Waals surface area (Å²) in [5.74, 6) is 0.912. The molecule has 0 aromatic rings. The first kappa shape index (κ1) is 10.7. The summed E-state index contributed by atoms with van der Waals surface area (Å²) in [5, 5.41) is 0. The zero-order valence-corrected chi connectivity index (χ0v) is 8.71. The third kappa shape index (κ3) is 3.90. The average molecular weight is 184 g/mol. The highest BCUT2D eigenvalue weighted by atomic mass is 16.5. The van der Waals surface area contributed by atoms with Gasteiger partial charge in [-0.25, -0.2) is 0 Å². The third-order valence-corrected chi connectivity index (χ3v) is 2.75. The van der Waals surface area contributed by atoms with Gasteiger partial charge in [0.15, 0.2) is 0 Å². The van der Waals surface area contributed by atoms with E-state index >= 15 is 0 Å². The highest BCUT2D eigenvalue weighted by Gasteiger charge is 2.19. The minimum Gasteiger partial charge on any atom is -0.378 e. The van der Waals surface area contributed by atoms with E-state index in [0.29, 0.717) is 18.1 Å². The maximum Gasteiger partial charge on any atom is 0.135 e. The average Bonchev–Trinajstić information content (AvgIpc) is 2.56. The van der Waals surface area contributed by atoms with Crippen molar-refractivity contribution in [1.29, 1.82) is 0 Å². The molecule has 0 aliphatic carbocycles. The third-order valence-electron chi connectivity index (χ3n) is 2.75. The van der Waals surface area contributed by atoms with E-state index in [9.17, 15) is 4.79 Å². The van der Waals surface area contributed by atoms with Gasteiger partial charge in [0.05, 0.1) is 6.10 Å². The van der Waals surface area contributed by atoms with Crippen molar-refractivity contribution < 1.29 is 9.53 Å². The molecule has 1 saturated heterocycles. The van der Waals surface area contributed by atoms with E-state index in [2.05, 4.69) is 13.8 Å². The van der Waals surface area contributed by atoms with Crippen LogP contribution in [-0.4, -0.2) is 18.5 Å². The van der Waals surface area contributed by atoms with Crippen molar-refractivity contribution in [3.63, 3.8) is 0 Å². The molecule has 1 rings (SSSR count). The van der Waals surface area contributed by atoms with Crippen LogP contribution >= 0.6 is 0 Å². The van der Waals surface area contributed by atoms with Gasteiger partial charge in [0.2, 0.25) is 0 Å². The van der Waals surface area contributed by atoms with Crippen LogP contribution in [0.2, 0.25) is 0 Å². The van der Waals surface area contributed by atoms with Crippen LogP contribution in [0.15, 0.2) is 0 Å². The second-order valence-corrected chi connectivity index (χ2v) is 4.10. The molecule has 0 saturated carbocycles. The number of ketones is 1. The topological polar surface area (TPSA) is 26.3 Å². The zero-order chi connectivity index (χ0) is 9.68. The van der Waals surface area contributed by atoms with E-state index in [0.717, 1.165) is 32.3 Å². The van der Waals surface area contributed by atoms with Gasteiger partial charge in [-0.15, -0.1) is 0 Å². The van der Waals surface area contributed by atoms with Crippen LogP contribution < -0.4 is 0 Å². The summed E-state index contributed by atoms with van der Waals surface area (Å²) in [6, 6.07) is 0. The molecule has 1 aliphatic rings. The molecule has 0 amide bonds. The van der Waals surface area contributed by atoms with E-state index in [1.807, 2.05) is 0 Å². The maximum absolute atomic E-state index is 11.5. The Morgan fingerprint density at radius 2 is 2.38 bits per heavy atom. The lowest BCUT2D eigenvalue weighted by atomic mass is 9.98. The number of Topliss-reactive ketones (excluding diaryl/α,β-unsaturated/α-hetero) is 1. The fourth-order valence-electron chi connectivity index (χ4n) is 1.68. The molecule has 0 bridgehead atoms. The van der Waals surface area contributed by atoms with E-state index in [4.69, 9.17) is 4.74 Å². The molecule has 0 spiro atoms. The van der Waals surface area contributed by atoms with Gasteiger partial charge in [0, 0.05) is 19.4 Å². The van der Waals surface area contributed by atoms with Crippen molar-refractivity contribution in [1.82, 2.24) is 0 Å². The van der Waals surface area contributed by atoms with E-state index in [1.54, 1.807) is 0 Å². The van der Waals surface area contributed by atoms with Gasteiger partial charge in [0.1, 0.15) is 5.78 Å². The van der Waals surface area contributed by atoms with Crippen molar-refractivity contribution in [3.05, 3.63) is 0 Å². The Kier molecular flexibility index (Phi) is 4.43. The minimum atomic E-state index is 0.233. The molecular formula is C11H20O2. The number of rotatable bonds is 5. The standard InChI is InChI=1S/C11H20O2/c1-3-9(2)7-10(12)8-11-5-4-6-13-11/h9,11H,3-8H2,1-2H3. The predicted octanol–water partition coefficient (Wildman–Crippen LogP) is 2.56. The minimum absolute atomic E-state index is 0.233. The SMILES string of the molecule is CCC(C)CC(=O)CC1CCCO1. The number of ether oxygens (including phenoxy) is 1. The Labute approximate surface area is 80.7 Å². The first-order chi connectivity index (χ1) is 6.22. The van der Waals surface area contributed by atoms with Crippen LogP contribution in [0.25, 0.3) is 0 Å². The fourth-order valence-corrected chi connectivity index (χ4v) is 1.68. The van der Waals surface area contributed by atoms with Crippen LogP contribution in [0, 0.1) is 5.92 Å². The van der Waals surface area contributed by atoms with Gasteiger partial charge in [0.25, 0.3) is 0 Å². The first-order valence-corrected chi connectivity index (χ1v) is 5.35. The lowest BCUT2D eigenvalue weighted by molar-refractivity contribution is -0.122. The summed E-state index contributed by atoms with van der Waals surface area (Å²) >= 11 is 0. The van der Waals surface area contributed by atoms with Crippen molar-refractivity contribution >= 4 is 5.78 Å². The summed E-state index contributed by atoms with van der Waals surface area (Å²) in [7, 11) is 0. The first-order valence-electron chi connectivity index (χ1n) is 5.35. The van der Waals surface area contributed by atoms with E-state index < -0.39 is 0 Å². The molecule has 0 N–H and O–H groups in total. The van der Waals surface area contributed by atoms with Crippen molar-refractivity contribution in [2.75, 3.05) is 6.61 Å². The number of carbonyl (C=O) groups excluding carboxylic acids is 1. The number of hydrogen-bond acceptors (Lipinski definition) is 2. The van der Waals surface area contributed by atoms with Crippen LogP contribution in [0.3, 0.4) is 0 Å². The van der Waals surface area contributed by atoms with Crippen molar-refractivity contribution in [3.8, 4) is 0 Å². The Morgan fingerprint density at radius 3 is 2.92 bits per heavy atom. The zero-order valence-electron chi connectivity index (χ0n) is 8.71. The lowest BCUT2D eigenvalue weighted by Gasteiger charge is -2.10. The van der Waals surface area contributed by atoms with Gasteiger partial charge < -0.3 is 4.74 Å². The smallest absolute Gasteiger partial charge is 0.135 e. The van der Waals surface area contributed by atoms with Crippen LogP contribution in [0.5, 0.6) is 0 Å². The number of hydrogen-bond donors (Lipinski definition) is 0. The van der Waals surface area contributed by atoms with Crippen LogP contribution in [0.1, 0.15) is 46.0 Å². The molecule has 2 nitrogen and oxygen atoms in total. The van der Waals surface area contributed by atoms with Crippen molar-refractivity contribution in [2.45, 2.75) is 52.1 Å². The predicted molar refractivity (Wildman–Crippen MR) is 52.7 cm³/mol. The Morgan fingerprint density at radius 1 is 1.62 bits per heavy atom. The molecular weight excluding hydrogens is 164 g/mol. The Balaban J connectivity index is 2.16. The second-order valence-electron chi connectivity index (χ2n) is 4.10. The molecule has 0 aromatic carbocycles.